The number of nitrogens with zero attached hydrogens (tertiary/aromatic N) is 1. The molecule has 0 aromatic heterocycles. The molecule has 26 heavy (non-hydrogen) atoms. The molecule has 0 aliphatic carbocycles. The Hall–Kier alpha value is -1.92. The summed E-state index contributed by atoms with van der Waals surface area (Å²) in [5.74, 6) is 0.473. The molecule has 0 N–H and O–H groups in total. The highest BCUT2D eigenvalue weighted by molar-refractivity contribution is 7.88. The molecule has 0 radical (unpaired) electrons. The van der Waals surface area contributed by atoms with Gasteiger partial charge in [-0.25, -0.2) is 17.1 Å². The van der Waals surface area contributed by atoms with Crippen LogP contribution in [0.3, 0.4) is 0 Å². The standard InChI is InChI=1S/C20H24FNO3S/c1-16-5-2-3-7-18(16)15-26(23,24)22-12-4-6-17(13-22)14-25-20-10-8-19(21)9-11-20/h2-3,5,7-11,17H,4,6,12-15H2,1H3. The largest absolute Gasteiger partial charge is 0.493 e. The monoisotopic (exact) mass is 377 g/mol. The van der Waals surface area contributed by atoms with Crippen LogP contribution in [-0.4, -0.2) is 32.4 Å². The molecule has 0 saturated carbocycles. The number of piperidine rings is 1. The van der Waals surface area contributed by atoms with E-state index in [1.54, 1.807) is 16.4 Å². The van der Waals surface area contributed by atoms with Crippen LogP contribution in [0.25, 0.3) is 0 Å². The predicted molar refractivity (Wildman–Crippen MR) is 100.0 cm³/mol. The summed E-state index contributed by atoms with van der Waals surface area (Å²) in [6, 6.07) is 13.5. The zero-order valence-corrected chi connectivity index (χ0v) is 15.7. The third-order valence-corrected chi connectivity index (χ3v) is 6.57. The highest BCUT2D eigenvalue weighted by Gasteiger charge is 2.29. The van der Waals surface area contributed by atoms with Gasteiger partial charge in [0.15, 0.2) is 0 Å². The Bertz CT molecular complexity index is 836. The third kappa shape index (κ3) is 4.83. The van der Waals surface area contributed by atoms with Crippen molar-refractivity contribution < 1.29 is 17.5 Å². The van der Waals surface area contributed by atoms with Crippen LogP contribution >= 0.6 is 0 Å². The van der Waals surface area contributed by atoms with Crippen molar-refractivity contribution in [1.82, 2.24) is 4.31 Å². The molecule has 6 heteroatoms. The van der Waals surface area contributed by atoms with E-state index in [1.165, 1.54) is 12.1 Å². The Kier molecular flexibility index (Phi) is 5.94. The summed E-state index contributed by atoms with van der Waals surface area (Å²) in [6.07, 6.45) is 1.75. The fourth-order valence-electron chi connectivity index (χ4n) is 3.22. The molecule has 0 spiro atoms. The average Bonchev–Trinajstić information content (AvgIpc) is 2.63. The first-order chi connectivity index (χ1) is 12.4. The van der Waals surface area contributed by atoms with Crippen molar-refractivity contribution in [3.63, 3.8) is 0 Å². The van der Waals surface area contributed by atoms with Crippen molar-refractivity contribution in [3.05, 3.63) is 65.5 Å². The topological polar surface area (TPSA) is 46.6 Å². The molecule has 1 heterocycles. The normalized spacial score (nSPS) is 18.6. The molecule has 1 aliphatic heterocycles. The molecular weight excluding hydrogens is 353 g/mol. The fourth-order valence-corrected chi connectivity index (χ4v) is 4.96. The molecule has 2 aromatic rings. The number of hydrogen-bond acceptors (Lipinski definition) is 3. The van der Waals surface area contributed by atoms with Crippen molar-refractivity contribution in [1.29, 1.82) is 0 Å². The van der Waals surface area contributed by atoms with Crippen LogP contribution in [0.1, 0.15) is 24.0 Å². The van der Waals surface area contributed by atoms with Crippen LogP contribution in [0.4, 0.5) is 4.39 Å². The summed E-state index contributed by atoms with van der Waals surface area (Å²) in [5, 5.41) is 0. The lowest BCUT2D eigenvalue weighted by molar-refractivity contribution is 0.180. The van der Waals surface area contributed by atoms with E-state index in [-0.39, 0.29) is 17.5 Å². The first kappa shape index (κ1) is 18.9. The first-order valence-corrected chi connectivity index (χ1v) is 10.5. The minimum absolute atomic E-state index is 0.0329. The van der Waals surface area contributed by atoms with Gasteiger partial charge in [-0.15, -0.1) is 0 Å². The van der Waals surface area contributed by atoms with Gasteiger partial charge in [-0.05, 0) is 55.2 Å². The van der Waals surface area contributed by atoms with E-state index >= 15 is 0 Å². The molecule has 1 atom stereocenters. The Morgan fingerprint density at radius 3 is 2.62 bits per heavy atom. The zero-order chi connectivity index (χ0) is 18.6. The number of ether oxygens (including phenoxy) is 1. The van der Waals surface area contributed by atoms with Crippen LogP contribution < -0.4 is 4.74 Å². The number of halogens is 1. The molecule has 0 amide bonds. The van der Waals surface area contributed by atoms with Gasteiger partial charge in [-0.1, -0.05) is 24.3 Å². The minimum atomic E-state index is -3.35. The third-order valence-electron chi connectivity index (χ3n) is 4.77. The second-order valence-electron chi connectivity index (χ2n) is 6.81. The van der Waals surface area contributed by atoms with Gasteiger partial charge in [0.1, 0.15) is 11.6 Å². The average molecular weight is 377 g/mol. The van der Waals surface area contributed by atoms with Gasteiger partial charge in [0.25, 0.3) is 0 Å². The summed E-state index contributed by atoms with van der Waals surface area (Å²) in [7, 11) is -3.35. The summed E-state index contributed by atoms with van der Waals surface area (Å²) in [6.45, 7) is 3.39. The number of aryl methyl sites for hydroxylation is 1. The lowest BCUT2D eigenvalue weighted by atomic mass is 10.0. The first-order valence-electron chi connectivity index (χ1n) is 8.85. The summed E-state index contributed by atoms with van der Waals surface area (Å²) in [4.78, 5) is 0. The molecular formula is C20H24FNO3S. The SMILES string of the molecule is Cc1ccccc1CS(=O)(=O)N1CCCC(COc2ccc(F)cc2)C1. The number of benzene rings is 2. The molecule has 1 aliphatic rings. The second kappa shape index (κ2) is 8.18. The Morgan fingerprint density at radius 1 is 1.15 bits per heavy atom. The summed E-state index contributed by atoms with van der Waals surface area (Å²) < 4.78 is 45.9. The highest BCUT2D eigenvalue weighted by atomic mass is 32.2. The molecule has 1 fully saturated rings. The molecule has 3 rings (SSSR count). The highest BCUT2D eigenvalue weighted by Crippen LogP contribution is 2.23. The molecule has 1 unspecified atom stereocenters. The predicted octanol–water partition coefficient (Wildman–Crippen LogP) is 3.75. The summed E-state index contributed by atoms with van der Waals surface area (Å²) >= 11 is 0. The van der Waals surface area contributed by atoms with Crippen LogP contribution in [-0.2, 0) is 15.8 Å². The van der Waals surface area contributed by atoms with Crippen LogP contribution in [0.15, 0.2) is 48.5 Å². The van der Waals surface area contributed by atoms with Gasteiger partial charge in [0, 0.05) is 19.0 Å². The van der Waals surface area contributed by atoms with Crippen molar-refractivity contribution in [2.24, 2.45) is 5.92 Å². The van der Waals surface area contributed by atoms with E-state index in [0.717, 1.165) is 24.0 Å². The lowest BCUT2D eigenvalue weighted by Gasteiger charge is -2.32. The second-order valence-corrected chi connectivity index (χ2v) is 8.78. The molecule has 1 saturated heterocycles. The minimum Gasteiger partial charge on any atom is -0.493 e. The van der Waals surface area contributed by atoms with Gasteiger partial charge < -0.3 is 4.74 Å². The van der Waals surface area contributed by atoms with E-state index in [2.05, 4.69) is 0 Å². The van der Waals surface area contributed by atoms with Crippen molar-refractivity contribution in [2.75, 3.05) is 19.7 Å². The van der Waals surface area contributed by atoms with E-state index in [1.807, 2.05) is 31.2 Å². The van der Waals surface area contributed by atoms with Gasteiger partial charge in [-0.2, -0.15) is 0 Å². The quantitative estimate of drug-likeness (QED) is 0.770. The summed E-state index contributed by atoms with van der Waals surface area (Å²) in [5.41, 5.74) is 1.83. The number of hydrogen-bond donors (Lipinski definition) is 0. The Morgan fingerprint density at radius 2 is 1.88 bits per heavy atom. The molecule has 140 valence electrons. The number of rotatable bonds is 6. The molecule has 2 aromatic carbocycles. The lowest BCUT2D eigenvalue weighted by Crippen LogP contribution is -2.42. The van der Waals surface area contributed by atoms with Crippen LogP contribution in [0.2, 0.25) is 0 Å². The van der Waals surface area contributed by atoms with Gasteiger partial charge in [0.05, 0.1) is 12.4 Å². The van der Waals surface area contributed by atoms with Crippen LogP contribution in [0, 0.1) is 18.7 Å². The van der Waals surface area contributed by atoms with Gasteiger partial charge in [0.2, 0.25) is 10.0 Å². The van der Waals surface area contributed by atoms with Gasteiger partial charge >= 0.3 is 0 Å². The van der Waals surface area contributed by atoms with Crippen molar-refractivity contribution in [2.45, 2.75) is 25.5 Å². The van der Waals surface area contributed by atoms with Crippen LogP contribution in [0.5, 0.6) is 5.75 Å². The maximum absolute atomic E-state index is 12.9. The van der Waals surface area contributed by atoms with Crippen molar-refractivity contribution in [3.8, 4) is 5.75 Å². The maximum atomic E-state index is 12.9. The fraction of sp³-hybridized carbons (Fsp3) is 0.400. The van der Waals surface area contributed by atoms with E-state index in [9.17, 15) is 12.8 Å². The molecule has 0 bridgehead atoms. The van der Waals surface area contributed by atoms with E-state index in [4.69, 9.17) is 4.74 Å². The maximum Gasteiger partial charge on any atom is 0.218 e. The molecule has 4 nitrogen and oxygen atoms in total. The van der Waals surface area contributed by atoms with E-state index < -0.39 is 10.0 Å². The van der Waals surface area contributed by atoms with E-state index in [0.29, 0.717) is 25.4 Å². The number of sulfonamides is 1. The Balaban J connectivity index is 1.60. The Labute approximate surface area is 154 Å². The van der Waals surface area contributed by atoms with Crippen molar-refractivity contribution >= 4 is 10.0 Å². The smallest absolute Gasteiger partial charge is 0.218 e. The van der Waals surface area contributed by atoms with Gasteiger partial charge in [-0.3, -0.25) is 0 Å². The zero-order valence-electron chi connectivity index (χ0n) is 14.9.